The highest BCUT2D eigenvalue weighted by Crippen LogP contribution is 2.15. The van der Waals surface area contributed by atoms with Gasteiger partial charge in [-0.2, -0.15) is 0 Å². The number of rotatable bonds is 6. The van der Waals surface area contributed by atoms with Crippen LogP contribution in [0.3, 0.4) is 0 Å². The van der Waals surface area contributed by atoms with E-state index in [1.165, 1.54) is 6.07 Å². The topological polar surface area (TPSA) is 29.1 Å². The predicted molar refractivity (Wildman–Crippen MR) is 67.1 cm³/mol. The normalized spacial score (nSPS) is 10.8. The molecule has 0 heterocycles. The van der Waals surface area contributed by atoms with Crippen molar-refractivity contribution in [3.63, 3.8) is 0 Å². The first-order valence-corrected chi connectivity index (χ1v) is 6.41. The van der Waals surface area contributed by atoms with Crippen molar-refractivity contribution in [3.05, 3.63) is 35.1 Å². The van der Waals surface area contributed by atoms with E-state index in [-0.39, 0.29) is 30.4 Å². The van der Waals surface area contributed by atoms with Gasteiger partial charge in [-0.15, -0.1) is 0 Å². The molecule has 0 aliphatic rings. The molecule has 19 heavy (non-hydrogen) atoms. The molecule has 0 radical (unpaired) electrons. The first kappa shape index (κ1) is 15.5. The molecule has 2 nitrogen and oxygen atoms in total. The Kier molecular flexibility index (Phi) is 5.86. The molecule has 0 spiro atoms. The first-order valence-electron chi connectivity index (χ1n) is 6.41. The summed E-state index contributed by atoms with van der Waals surface area (Å²) in [6.07, 6.45) is 1.61. The highest BCUT2D eigenvalue weighted by molar-refractivity contribution is 5.78. The van der Waals surface area contributed by atoms with Crippen molar-refractivity contribution in [2.75, 3.05) is 6.54 Å². The Morgan fingerprint density at radius 2 is 1.79 bits per heavy atom. The minimum Gasteiger partial charge on any atom is -0.356 e. The first-order chi connectivity index (χ1) is 9.01. The maximum absolute atomic E-state index is 13.4. The number of carbonyl (C=O) groups is 1. The Morgan fingerprint density at radius 1 is 1.16 bits per heavy atom. The highest BCUT2D eigenvalue weighted by Gasteiger charge is 2.15. The highest BCUT2D eigenvalue weighted by atomic mass is 19.2. The summed E-state index contributed by atoms with van der Waals surface area (Å²) in [6.45, 7) is 4.04. The van der Waals surface area contributed by atoms with E-state index < -0.39 is 17.5 Å². The number of hydrogen-bond donors (Lipinski definition) is 1. The second-order valence-corrected chi connectivity index (χ2v) is 4.39. The van der Waals surface area contributed by atoms with E-state index in [0.717, 1.165) is 18.9 Å². The fourth-order valence-corrected chi connectivity index (χ4v) is 1.88. The van der Waals surface area contributed by atoms with Gasteiger partial charge in [-0.1, -0.05) is 19.9 Å². The van der Waals surface area contributed by atoms with Crippen molar-refractivity contribution in [3.8, 4) is 0 Å². The van der Waals surface area contributed by atoms with Gasteiger partial charge in [0.2, 0.25) is 5.91 Å². The zero-order valence-corrected chi connectivity index (χ0v) is 11.1. The second-order valence-electron chi connectivity index (χ2n) is 4.39. The van der Waals surface area contributed by atoms with E-state index in [4.69, 9.17) is 0 Å². The number of hydrogen-bond acceptors (Lipinski definition) is 1. The minimum absolute atomic E-state index is 0.0590. The maximum Gasteiger partial charge on any atom is 0.223 e. The third-order valence-corrected chi connectivity index (χ3v) is 3.17. The van der Waals surface area contributed by atoms with Crippen molar-refractivity contribution >= 4 is 5.91 Å². The molecular weight excluding hydrogens is 255 g/mol. The van der Waals surface area contributed by atoms with E-state index in [0.29, 0.717) is 0 Å². The van der Waals surface area contributed by atoms with Crippen molar-refractivity contribution in [1.82, 2.24) is 5.32 Å². The van der Waals surface area contributed by atoms with E-state index in [2.05, 4.69) is 5.32 Å². The van der Waals surface area contributed by atoms with Gasteiger partial charge in [0.25, 0.3) is 0 Å². The average molecular weight is 273 g/mol. The van der Waals surface area contributed by atoms with Crippen LogP contribution in [0.4, 0.5) is 13.2 Å². The Labute approximate surface area is 111 Å². The Hall–Kier alpha value is -1.52. The van der Waals surface area contributed by atoms with Gasteiger partial charge >= 0.3 is 0 Å². The Bertz CT molecular complexity index is 445. The van der Waals surface area contributed by atoms with E-state index >= 15 is 0 Å². The van der Waals surface area contributed by atoms with Gasteiger partial charge in [0.1, 0.15) is 0 Å². The van der Waals surface area contributed by atoms with Crippen LogP contribution in [-0.4, -0.2) is 12.5 Å². The van der Waals surface area contributed by atoms with E-state index in [1.807, 2.05) is 13.8 Å². The molecule has 1 rings (SSSR count). The van der Waals surface area contributed by atoms with Crippen LogP contribution in [-0.2, 0) is 11.2 Å². The lowest BCUT2D eigenvalue weighted by atomic mass is 10.0. The number of amides is 1. The number of halogens is 3. The molecule has 106 valence electrons. The van der Waals surface area contributed by atoms with Gasteiger partial charge < -0.3 is 5.32 Å². The fraction of sp³-hybridized carbons (Fsp3) is 0.500. The summed E-state index contributed by atoms with van der Waals surface area (Å²) < 4.78 is 39.0. The molecule has 0 unspecified atom stereocenters. The molecule has 1 aromatic carbocycles. The minimum atomic E-state index is -1.47. The van der Waals surface area contributed by atoms with E-state index in [9.17, 15) is 18.0 Å². The molecule has 0 aromatic heterocycles. The summed E-state index contributed by atoms with van der Waals surface area (Å²) in [5.74, 6) is -4.01. The molecule has 0 bridgehead atoms. The van der Waals surface area contributed by atoms with Gasteiger partial charge in [0, 0.05) is 12.5 Å². The zero-order chi connectivity index (χ0) is 14.4. The van der Waals surface area contributed by atoms with Crippen molar-refractivity contribution in [1.29, 1.82) is 0 Å². The van der Waals surface area contributed by atoms with Crippen LogP contribution in [0.25, 0.3) is 0 Å². The number of nitrogens with one attached hydrogen (secondary N) is 1. The molecule has 0 saturated carbocycles. The smallest absolute Gasteiger partial charge is 0.223 e. The van der Waals surface area contributed by atoms with E-state index in [1.54, 1.807) is 0 Å². The molecule has 1 amide bonds. The molecular formula is C14H18F3NO. The molecule has 1 aromatic rings. The van der Waals surface area contributed by atoms with Crippen LogP contribution in [0.1, 0.15) is 32.3 Å². The monoisotopic (exact) mass is 273 g/mol. The SMILES string of the molecule is CCC(CC)C(=O)NCCc1ccc(F)c(F)c1F. The van der Waals surface area contributed by atoms with Gasteiger partial charge in [0.05, 0.1) is 0 Å². The summed E-state index contributed by atoms with van der Waals surface area (Å²) in [7, 11) is 0. The number of carbonyl (C=O) groups excluding carboxylic acids is 1. The third kappa shape index (κ3) is 3.98. The van der Waals surface area contributed by atoms with Gasteiger partial charge in [0.15, 0.2) is 17.5 Å². The van der Waals surface area contributed by atoms with Crippen LogP contribution in [0.15, 0.2) is 12.1 Å². The van der Waals surface area contributed by atoms with Gasteiger partial charge in [-0.3, -0.25) is 4.79 Å². The van der Waals surface area contributed by atoms with Crippen molar-refractivity contribution in [2.45, 2.75) is 33.1 Å². The predicted octanol–water partition coefficient (Wildman–Crippen LogP) is 3.20. The lowest BCUT2D eigenvalue weighted by Gasteiger charge is -2.12. The summed E-state index contributed by atoms with van der Waals surface area (Å²) in [5, 5.41) is 2.67. The summed E-state index contributed by atoms with van der Waals surface area (Å²) in [4.78, 5) is 11.7. The summed E-state index contributed by atoms with van der Waals surface area (Å²) in [6, 6.07) is 2.08. The summed E-state index contributed by atoms with van der Waals surface area (Å²) >= 11 is 0. The second kappa shape index (κ2) is 7.16. The largest absolute Gasteiger partial charge is 0.356 e. The van der Waals surface area contributed by atoms with Crippen LogP contribution in [0, 0.1) is 23.4 Å². The van der Waals surface area contributed by atoms with Crippen LogP contribution in [0.5, 0.6) is 0 Å². The Balaban J connectivity index is 2.54. The molecule has 0 atom stereocenters. The maximum atomic E-state index is 13.4. The third-order valence-electron chi connectivity index (χ3n) is 3.17. The fourth-order valence-electron chi connectivity index (χ4n) is 1.88. The lowest BCUT2D eigenvalue weighted by molar-refractivity contribution is -0.125. The van der Waals surface area contributed by atoms with Crippen LogP contribution >= 0.6 is 0 Å². The van der Waals surface area contributed by atoms with Gasteiger partial charge in [-0.05, 0) is 30.9 Å². The van der Waals surface area contributed by atoms with Crippen molar-refractivity contribution in [2.24, 2.45) is 5.92 Å². The molecule has 0 fully saturated rings. The zero-order valence-electron chi connectivity index (χ0n) is 11.1. The molecule has 0 saturated heterocycles. The molecule has 1 N–H and O–H groups in total. The van der Waals surface area contributed by atoms with Crippen LogP contribution in [0.2, 0.25) is 0 Å². The molecule has 0 aliphatic carbocycles. The van der Waals surface area contributed by atoms with Crippen LogP contribution < -0.4 is 5.32 Å². The molecule has 0 aliphatic heterocycles. The lowest BCUT2D eigenvalue weighted by Crippen LogP contribution is -2.31. The number of benzene rings is 1. The quantitative estimate of drug-likeness (QED) is 0.792. The van der Waals surface area contributed by atoms with Gasteiger partial charge in [-0.25, -0.2) is 13.2 Å². The average Bonchev–Trinajstić information content (AvgIpc) is 2.40. The van der Waals surface area contributed by atoms with Crippen molar-refractivity contribution < 1.29 is 18.0 Å². The summed E-state index contributed by atoms with van der Waals surface area (Å²) in [5.41, 5.74) is 0.0590. The Morgan fingerprint density at radius 3 is 2.37 bits per heavy atom. The molecule has 5 heteroatoms. The standard InChI is InChI=1S/C14H18F3NO/c1-3-9(4-2)14(19)18-8-7-10-5-6-11(15)13(17)12(10)16/h5-6,9H,3-4,7-8H2,1-2H3,(H,18,19).